The summed E-state index contributed by atoms with van der Waals surface area (Å²) in [6, 6.07) is 7.61. The molecule has 0 aliphatic rings. The van der Waals surface area contributed by atoms with Crippen molar-refractivity contribution in [2.45, 2.75) is 26.9 Å². The average Bonchev–Trinajstić information content (AvgIpc) is 2.15. The third-order valence-corrected chi connectivity index (χ3v) is 1.94. The molecule has 1 aromatic rings. The lowest BCUT2D eigenvalue weighted by molar-refractivity contribution is 0.188. The van der Waals surface area contributed by atoms with Crippen LogP contribution in [0.2, 0.25) is 0 Å². The van der Waals surface area contributed by atoms with E-state index < -0.39 is 6.10 Å². The molecule has 14 heavy (non-hydrogen) atoms. The molecule has 78 valence electrons. The Hall–Kier alpha value is -1.02. The van der Waals surface area contributed by atoms with Gasteiger partial charge in [0.25, 0.3) is 0 Å². The van der Waals surface area contributed by atoms with E-state index in [1.165, 1.54) is 0 Å². The molecule has 2 heteroatoms. The number of aliphatic hydroxyl groups excluding tert-OH is 1. The maximum absolute atomic E-state index is 9.49. The zero-order chi connectivity index (χ0) is 10.6. The van der Waals surface area contributed by atoms with Crippen LogP contribution in [-0.4, -0.2) is 11.7 Å². The van der Waals surface area contributed by atoms with Crippen LogP contribution in [0, 0.1) is 5.92 Å². The molecule has 0 aliphatic heterocycles. The van der Waals surface area contributed by atoms with Gasteiger partial charge in [0.1, 0.15) is 5.75 Å². The van der Waals surface area contributed by atoms with Gasteiger partial charge in [-0.1, -0.05) is 32.0 Å². The van der Waals surface area contributed by atoms with E-state index in [4.69, 9.17) is 4.74 Å². The number of benzene rings is 1. The van der Waals surface area contributed by atoms with E-state index in [0.29, 0.717) is 12.5 Å². The summed E-state index contributed by atoms with van der Waals surface area (Å²) in [5.41, 5.74) is 0.855. The minimum atomic E-state index is -0.474. The normalized spacial score (nSPS) is 12.9. The molecule has 1 unspecified atom stereocenters. The Kier molecular flexibility index (Phi) is 3.96. The van der Waals surface area contributed by atoms with Crippen LogP contribution >= 0.6 is 0 Å². The Bertz CT molecular complexity index is 279. The first-order valence-electron chi connectivity index (χ1n) is 5.01. The maximum atomic E-state index is 9.49. The number of hydrogen-bond donors (Lipinski definition) is 1. The van der Waals surface area contributed by atoms with Crippen molar-refractivity contribution in [3.63, 3.8) is 0 Å². The van der Waals surface area contributed by atoms with E-state index in [0.717, 1.165) is 11.3 Å². The molecule has 0 radical (unpaired) electrons. The lowest BCUT2D eigenvalue weighted by Gasteiger charge is -2.14. The molecule has 0 heterocycles. The molecule has 0 aliphatic carbocycles. The van der Waals surface area contributed by atoms with Crippen molar-refractivity contribution in [1.29, 1.82) is 0 Å². The van der Waals surface area contributed by atoms with Gasteiger partial charge in [-0.2, -0.15) is 0 Å². The van der Waals surface area contributed by atoms with Crippen LogP contribution in [-0.2, 0) is 0 Å². The van der Waals surface area contributed by atoms with Gasteiger partial charge in [-0.3, -0.25) is 0 Å². The smallest absolute Gasteiger partial charge is 0.125 e. The van der Waals surface area contributed by atoms with E-state index in [1.54, 1.807) is 6.92 Å². The van der Waals surface area contributed by atoms with Gasteiger partial charge in [-0.05, 0) is 18.9 Å². The Morgan fingerprint density at radius 1 is 1.21 bits per heavy atom. The molecule has 1 N–H and O–H groups in total. The minimum absolute atomic E-state index is 0.474. The van der Waals surface area contributed by atoms with Gasteiger partial charge in [-0.25, -0.2) is 0 Å². The fraction of sp³-hybridized carbons (Fsp3) is 0.500. The van der Waals surface area contributed by atoms with Crippen LogP contribution in [0.15, 0.2) is 24.3 Å². The largest absolute Gasteiger partial charge is 0.493 e. The molecular formula is C12H18O2. The maximum Gasteiger partial charge on any atom is 0.125 e. The van der Waals surface area contributed by atoms with Crippen molar-refractivity contribution in [2.75, 3.05) is 6.61 Å². The van der Waals surface area contributed by atoms with Crippen molar-refractivity contribution in [1.82, 2.24) is 0 Å². The Labute approximate surface area is 85.5 Å². The lowest BCUT2D eigenvalue weighted by atomic mass is 10.1. The zero-order valence-electron chi connectivity index (χ0n) is 9.03. The fourth-order valence-electron chi connectivity index (χ4n) is 1.21. The topological polar surface area (TPSA) is 29.5 Å². The van der Waals surface area contributed by atoms with Gasteiger partial charge in [-0.15, -0.1) is 0 Å². The number of ether oxygens (including phenoxy) is 1. The molecule has 0 bridgehead atoms. The van der Waals surface area contributed by atoms with Crippen LogP contribution in [0.5, 0.6) is 5.75 Å². The third kappa shape index (κ3) is 3.04. The van der Waals surface area contributed by atoms with E-state index in [-0.39, 0.29) is 0 Å². The highest BCUT2D eigenvalue weighted by atomic mass is 16.5. The second-order valence-electron chi connectivity index (χ2n) is 3.92. The van der Waals surface area contributed by atoms with Gasteiger partial charge >= 0.3 is 0 Å². The first-order chi connectivity index (χ1) is 6.61. The zero-order valence-corrected chi connectivity index (χ0v) is 9.03. The molecule has 2 nitrogen and oxygen atoms in total. The number of rotatable bonds is 4. The number of aliphatic hydroxyl groups is 1. The van der Waals surface area contributed by atoms with Crippen LogP contribution in [0.1, 0.15) is 32.4 Å². The summed E-state index contributed by atoms with van der Waals surface area (Å²) in [5, 5.41) is 9.49. The summed E-state index contributed by atoms with van der Waals surface area (Å²) in [5.74, 6) is 1.29. The molecule has 0 spiro atoms. The van der Waals surface area contributed by atoms with Crippen molar-refractivity contribution >= 4 is 0 Å². The van der Waals surface area contributed by atoms with Crippen LogP contribution in [0.3, 0.4) is 0 Å². The van der Waals surface area contributed by atoms with Crippen LogP contribution in [0.25, 0.3) is 0 Å². The van der Waals surface area contributed by atoms with Gasteiger partial charge < -0.3 is 9.84 Å². The highest BCUT2D eigenvalue weighted by Gasteiger charge is 2.08. The van der Waals surface area contributed by atoms with Gasteiger partial charge in [0.15, 0.2) is 0 Å². The summed E-state index contributed by atoms with van der Waals surface area (Å²) in [6.45, 7) is 6.64. The molecular weight excluding hydrogens is 176 g/mol. The van der Waals surface area contributed by atoms with Crippen molar-refractivity contribution in [2.24, 2.45) is 5.92 Å². The molecule has 0 fully saturated rings. The average molecular weight is 194 g/mol. The van der Waals surface area contributed by atoms with Gasteiger partial charge in [0.05, 0.1) is 12.7 Å². The summed E-state index contributed by atoms with van der Waals surface area (Å²) < 4.78 is 5.60. The Morgan fingerprint density at radius 3 is 2.43 bits per heavy atom. The highest BCUT2D eigenvalue weighted by Crippen LogP contribution is 2.24. The second-order valence-corrected chi connectivity index (χ2v) is 3.92. The first kappa shape index (κ1) is 11.1. The number of para-hydroxylation sites is 1. The molecule has 1 rings (SSSR count). The lowest BCUT2D eigenvalue weighted by Crippen LogP contribution is -2.07. The predicted molar refractivity (Wildman–Crippen MR) is 57.4 cm³/mol. The van der Waals surface area contributed by atoms with Gasteiger partial charge in [0.2, 0.25) is 0 Å². The quantitative estimate of drug-likeness (QED) is 0.798. The van der Waals surface area contributed by atoms with Crippen molar-refractivity contribution in [3.05, 3.63) is 29.8 Å². The summed E-state index contributed by atoms with van der Waals surface area (Å²) >= 11 is 0. The van der Waals surface area contributed by atoms with E-state index in [1.807, 2.05) is 24.3 Å². The van der Waals surface area contributed by atoms with E-state index in [2.05, 4.69) is 13.8 Å². The Balaban J connectivity index is 2.74. The molecule has 1 aromatic carbocycles. The minimum Gasteiger partial charge on any atom is -0.493 e. The van der Waals surface area contributed by atoms with E-state index in [9.17, 15) is 5.11 Å². The molecule has 0 aromatic heterocycles. The van der Waals surface area contributed by atoms with Crippen molar-refractivity contribution < 1.29 is 9.84 Å². The van der Waals surface area contributed by atoms with E-state index >= 15 is 0 Å². The van der Waals surface area contributed by atoms with Crippen LogP contribution in [0.4, 0.5) is 0 Å². The van der Waals surface area contributed by atoms with Crippen molar-refractivity contribution in [3.8, 4) is 5.75 Å². The molecule has 1 atom stereocenters. The standard InChI is InChI=1S/C12H18O2/c1-9(2)8-14-12-7-5-4-6-11(12)10(3)13/h4-7,9-10,13H,8H2,1-3H3. The van der Waals surface area contributed by atoms with Crippen LogP contribution < -0.4 is 4.74 Å². The number of hydrogen-bond acceptors (Lipinski definition) is 2. The predicted octanol–water partition coefficient (Wildman–Crippen LogP) is 2.77. The molecule has 0 saturated heterocycles. The molecule has 0 amide bonds. The Morgan fingerprint density at radius 2 is 1.86 bits per heavy atom. The summed E-state index contributed by atoms with van der Waals surface area (Å²) in [4.78, 5) is 0. The first-order valence-corrected chi connectivity index (χ1v) is 5.01. The highest BCUT2D eigenvalue weighted by molar-refractivity contribution is 5.34. The monoisotopic (exact) mass is 194 g/mol. The van der Waals surface area contributed by atoms with Gasteiger partial charge in [0, 0.05) is 5.56 Å². The fourth-order valence-corrected chi connectivity index (χ4v) is 1.21. The SMILES string of the molecule is CC(C)COc1ccccc1C(C)O. The second kappa shape index (κ2) is 5.01. The summed E-state index contributed by atoms with van der Waals surface area (Å²) in [6.07, 6.45) is -0.474. The summed E-state index contributed by atoms with van der Waals surface area (Å²) in [7, 11) is 0. The third-order valence-electron chi connectivity index (χ3n) is 1.94. The molecule has 0 saturated carbocycles.